The van der Waals surface area contributed by atoms with Gasteiger partial charge in [-0.3, -0.25) is 9.20 Å². The van der Waals surface area contributed by atoms with Crippen molar-refractivity contribution in [2.75, 3.05) is 0 Å². The van der Waals surface area contributed by atoms with E-state index in [2.05, 4.69) is 4.98 Å². The van der Waals surface area contributed by atoms with Crippen LogP contribution in [0.1, 0.15) is 10.4 Å². The normalized spacial score (nSPS) is 10.7. The molecule has 0 radical (unpaired) electrons. The Morgan fingerprint density at radius 1 is 0.926 bits per heavy atom. The van der Waals surface area contributed by atoms with E-state index in [1.165, 1.54) is 16.5 Å². The molecule has 2 aromatic carbocycles. The van der Waals surface area contributed by atoms with Crippen LogP contribution in [0.25, 0.3) is 16.9 Å². The largest absolute Gasteiger partial charge is 0.415 e. The molecule has 0 N–H and O–H groups in total. The molecule has 2 heterocycles. The zero-order valence-corrected chi connectivity index (χ0v) is 14.0. The summed E-state index contributed by atoms with van der Waals surface area (Å²) in [4.78, 5) is 29.9. The number of aromatic nitrogens is 2. The number of nitrogens with zero attached hydrogens (tertiary/aromatic N) is 2. The highest BCUT2D eigenvalue weighted by Crippen LogP contribution is 2.26. The van der Waals surface area contributed by atoms with Gasteiger partial charge in [0.2, 0.25) is 5.75 Å². The van der Waals surface area contributed by atoms with Crippen molar-refractivity contribution in [2.24, 2.45) is 0 Å². The van der Waals surface area contributed by atoms with E-state index in [9.17, 15) is 14.0 Å². The lowest BCUT2D eigenvalue weighted by Gasteiger charge is -2.11. The van der Waals surface area contributed by atoms with Gasteiger partial charge in [0.1, 0.15) is 17.2 Å². The molecule has 0 saturated carbocycles. The number of hydrogen-bond donors (Lipinski definition) is 0. The van der Waals surface area contributed by atoms with Crippen molar-refractivity contribution >= 4 is 11.6 Å². The second-order valence-corrected chi connectivity index (χ2v) is 5.79. The molecule has 0 fully saturated rings. The molecule has 6 heteroatoms. The van der Waals surface area contributed by atoms with E-state index in [-0.39, 0.29) is 17.0 Å². The minimum absolute atomic E-state index is 0.132. The topological polar surface area (TPSA) is 60.7 Å². The van der Waals surface area contributed by atoms with Crippen molar-refractivity contribution in [3.05, 3.63) is 101 Å². The maximum atomic E-state index is 13.1. The average molecular weight is 360 g/mol. The first-order valence-electron chi connectivity index (χ1n) is 8.18. The number of esters is 1. The lowest BCUT2D eigenvalue weighted by molar-refractivity contribution is 0.0732. The van der Waals surface area contributed by atoms with Crippen molar-refractivity contribution in [3.8, 4) is 17.0 Å². The number of pyridine rings is 1. The quantitative estimate of drug-likeness (QED) is 0.523. The molecule has 27 heavy (non-hydrogen) atoms. The number of carbonyl (C=O) groups excluding carboxylic acids is 1. The van der Waals surface area contributed by atoms with E-state index in [0.717, 1.165) is 12.1 Å². The molecule has 4 rings (SSSR count). The predicted octanol–water partition coefficient (Wildman–Crippen LogP) is 3.72. The summed E-state index contributed by atoms with van der Waals surface area (Å²) < 4.78 is 19.8. The third-order valence-corrected chi connectivity index (χ3v) is 4.01. The molecule has 0 saturated heterocycles. The van der Waals surface area contributed by atoms with Gasteiger partial charge in [-0.1, -0.05) is 36.4 Å². The second-order valence-electron chi connectivity index (χ2n) is 5.79. The van der Waals surface area contributed by atoms with Gasteiger partial charge in [0, 0.05) is 11.8 Å². The fraction of sp³-hybridized carbons (Fsp3) is 0. The van der Waals surface area contributed by atoms with Gasteiger partial charge in [-0.15, -0.1) is 0 Å². The van der Waals surface area contributed by atoms with Crippen LogP contribution in [0, 0.1) is 5.82 Å². The monoisotopic (exact) mass is 360 g/mol. The van der Waals surface area contributed by atoms with Crippen LogP contribution < -0.4 is 10.3 Å². The van der Waals surface area contributed by atoms with Gasteiger partial charge in [-0.2, -0.15) is 0 Å². The summed E-state index contributed by atoms with van der Waals surface area (Å²) in [6.07, 6.45) is 1.55. The molecule has 132 valence electrons. The molecule has 0 amide bonds. The number of rotatable bonds is 3. The van der Waals surface area contributed by atoms with Crippen LogP contribution in [0.3, 0.4) is 0 Å². The van der Waals surface area contributed by atoms with Crippen molar-refractivity contribution in [3.63, 3.8) is 0 Å². The van der Waals surface area contributed by atoms with Gasteiger partial charge >= 0.3 is 11.5 Å². The molecule has 0 unspecified atom stereocenters. The molecule has 0 spiro atoms. The molecule has 0 atom stereocenters. The summed E-state index contributed by atoms with van der Waals surface area (Å²) in [6.45, 7) is 0. The van der Waals surface area contributed by atoms with Crippen LogP contribution in [0.15, 0.2) is 83.8 Å². The van der Waals surface area contributed by atoms with Crippen LogP contribution in [0.4, 0.5) is 4.39 Å². The third kappa shape index (κ3) is 3.20. The first kappa shape index (κ1) is 16.7. The lowest BCUT2D eigenvalue weighted by Crippen LogP contribution is -2.22. The first-order valence-corrected chi connectivity index (χ1v) is 8.18. The van der Waals surface area contributed by atoms with E-state index in [0.29, 0.717) is 11.2 Å². The Hall–Kier alpha value is -3.80. The number of benzene rings is 2. The average Bonchev–Trinajstić information content (AvgIpc) is 2.71. The van der Waals surface area contributed by atoms with Gasteiger partial charge in [-0.25, -0.2) is 14.2 Å². The molecule has 0 aliphatic rings. The van der Waals surface area contributed by atoms with E-state index in [1.54, 1.807) is 48.7 Å². The van der Waals surface area contributed by atoms with Crippen LogP contribution in [0.2, 0.25) is 0 Å². The second kappa shape index (κ2) is 6.84. The van der Waals surface area contributed by atoms with E-state index < -0.39 is 17.3 Å². The van der Waals surface area contributed by atoms with Crippen molar-refractivity contribution < 1.29 is 13.9 Å². The fourth-order valence-electron chi connectivity index (χ4n) is 2.69. The highest BCUT2D eigenvalue weighted by atomic mass is 19.1. The van der Waals surface area contributed by atoms with Gasteiger partial charge < -0.3 is 4.74 Å². The predicted molar refractivity (Wildman–Crippen MR) is 98.3 cm³/mol. The third-order valence-electron chi connectivity index (χ3n) is 4.01. The van der Waals surface area contributed by atoms with Gasteiger partial charge in [0.05, 0.1) is 5.56 Å². The Kier molecular flexibility index (Phi) is 4.22. The highest BCUT2D eigenvalue weighted by Gasteiger charge is 2.20. The first-order chi connectivity index (χ1) is 13.1. The Balaban J connectivity index is 1.87. The number of carbonyl (C=O) groups is 1. The molecular formula is C21H13FN2O3. The zero-order valence-electron chi connectivity index (χ0n) is 14.0. The van der Waals surface area contributed by atoms with Crippen LogP contribution in [-0.2, 0) is 0 Å². The zero-order chi connectivity index (χ0) is 18.8. The molecule has 0 bridgehead atoms. The SMILES string of the molecule is O=C(Oc1c(-c2ccccc2)nc2ccccn2c1=O)c1ccc(F)cc1. The van der Waals surface area contributed by atoms with Crippen LogP contribution >= 0.6 is 0 Å². The molecule has 0 aliphatic carbocycles. The van der Waals surface area contributed by atoms with Crippen LogP contribution in [-0.4, -0.2) is 15.4 Å². The Morgan fingerprint density at radius 3 is 2.37 bits per heavy atom. The Morgan fingerprint density at radius 2 is 1.63 bits per heavy atom. The number of halogens is 1. The molecule has 2 aromatic heterocycles. The van der Waals surface area contributed by atoms with E-state index in [4.69, 9.17) is 4.74 Å². The summed E-state index contributed by atoms with van der Waals surface area (Å²) in [5.41, 5.74) is 0.968. The lowest BCUT2D eigenvalue weighted by atomic mass is 10.1. The van der Waals surface area contributed by atoms with Crippen LogP contribution in [0.5, 0.6) is 5.75 Å². The van der Waals surface area contributed by atoms with Crippen molar-refractivity contribution in [1.29, 1.82) is 0 Å². The molecule has 0 aliphatic heterocycles. The standard InChI is InChI=1S/C21H13FN2O3/c22-16-11-9-15(10-12-16)21(26)27-19-18(14-6-2-1-3-7-14)23-17-8-4-5-13-24(17)20(19)25/h1-13H. The maximum Gasteiger partial charge on any atom is 0.343 e. The summed E-state index contributed by atoms with van der Waals surface area (Å²) in [5, 5.41) is 0. The molecular weight excluding hydrogens is 347 g/mol. The number of ether oxygens (including phenoxy) is 1. The van der Waals surface area contributed by atoms with Crippen molar-refractivity contribution in [1.82, 2.24) is 9.38 Å². The van der Waals surface area contributed by atoms with E-state index >= 15 is 0 Å². The van der Waals surface area contributed by atoms with Gasteiger partial charge in [0.25, 0.3) is 0 Å². The Labute approximate surface area is 153 Å². The highest BCUT2D eigenvalue weighted by molar-refractivity contribution is 5.92. The number of hydrogen-bond acceptors (Lipinski definition) is 4. The van der Waals surface area contributed by atoms with E-state index in [1.807, 2.05) is 6.07 Å². The molecule has 4 aromatic rings. The number of fused-ring (bicyclic) bond motifs is 1. The molecule has 5 nitrogen and oxygen atoms in total. The summed E-state index contributed by atoms with van der Waals surface area (Å²) >= 11 is 0. The maximum absolute atomic E-state index is 13.1. The minimum atomic E-state index is -0.762. The summed E-state index contributed by atoms with van der Waals surface area (Å²) in [7, 11) is 0. The summed E-state index contributed by atoms with van der Waals surface area (Å²) in [6, 6.07) is 19.0. The fourth-order valence-corrected chi connectivity index (χ4v) is 2.69. The van der Waals surface area contributed by atoms with Gasteiger partial charge in [0.15, 0.2) is 0 Å². The summed E-state index contributed by atoms with van der Waals surface area (Å²) in [5.74, 6) is -1.41. The van der Waals surface area contributed by atoms with Gasteiger partial charge in [-0.05, 0) is 36.4 Å². The van der Waals surface area contributed by atoms with Crippen molar-refractivity contribution in [2.45, 2.75) is 0 Å². The minimum Gasteiger partial charge on any atom is -0.415 e. The Bertz CT molecular complexity index is 1190. The smallest absolute Gasteiger partial charge is 0.343 e.